The van der Waals surface area contributed by atoms with Crippen molar-refractivity contribution in [3.8, 4) is 0 Å². The molecular formula is C11H17N5O2. The molecule has 3 atom stereocenters. The fourth-order valence-electron chi connectivity index (χ4n) is 2.48. The molecule has 3 unspecified atom stereocenters. The molecule has 0 aromatic heterocycles. The van der Waals surface area contributed by atoms with Gasteiger partial charge in [-0.25, -0.2) is 15.0 Å². The summed E-state index contributed by atoms with van der Waals surface area (Å²) in [5.74, 6) is 1.07. The molecule has 7 nitrogen and oxygen atoms in total. The molecule has 2 aliphatic heterocycles. The predicted octanol–water partition coefficient (Wildman–Crippen LogP) is 2.50. The highest BCUT2D eigenvalue weighted by atomic mass is 17.2. The van der Waals surface area contributed by atoms with Crippen LogP contribution in [0.2, 0.25) is 0 Å². The van der Waals surface area contributed by atoms with Crippen LogP contribution >= 0.6 is 0 Å². The summed E-state index contributed by atoms with van der Waals surface area (Å²) < 4.78 is 0. The molecule has 0 aliphatic carbocycles. The Labute approximate surface area is 105 Å². The third-order valence-electron chi connectivity index (χ3n) is 3.66. The highest BCUT2D eigenvalue weighted by Crippen LogP contribution is 2.38. The lowest BCUT2D eigenvalue weighted by Crippen LogP contribution is -2.47. The second kappa shape index (κ2) is 4.56. The highest BCUT2D eigenvalue weighted by Gasteiger charge is 2.46. The average Bonchev–Trinajstić information content (AvgIpc) is 2.32. The van der Waals surface area contributed by atoms with E-state index in [1.165, 1.54) is 0 Å². The molecular weight excluding hydrogens is 234 g/mol. The van der Waals surface area contributed by atoms with Crippen LogP contribution in [-0.2, 0) is 4.99 Å². The van der Waals surface area contributed by atoms with Crippen molar-refractivity contribution in [3.05, 3.63) is 0 Å². The van der Waals surface area contributed by atoms with Crippen LogP contribution in [0, 0.1) is 17.2 Å². The lowest BCUT2D eigenvalue weighted by Gasteiger charge is -2.38. The molecule has 0 aromatic rings. The lowest BCUT2D eigenvalue weighted by molar-refractivity contribution is -0.252. The molecule has 0 saturated carbocycles. The van der Waals surface area contributed by atoms with Crippen LogP contribution in [0.1, 0.15) is 33.6 Å². The van der Waals surface area contributed by atoms with Crippen molar-refractivity contribution in [1.82, 2.24) is 0 Å². The first-order valence-corrected chi connectivity index (χ1v) is 5.94. The summed E-state index contributed by atoms with van der Waals surface area (Å²) in [5.41, 5.74) is 0.304. The Hall–Kier alpha value is -1.63. The van der Waals surface area contributed by atoms with Gasteiger partial charge in [-0.3, -0.25) is 5.41 Å². The van der Waals surface area contributed by atoms with Crippen LogP contribution in [0.25, 0.3) is 0 Å². The van der Waals surface area contributed by atoms with Crippen molar-refractivity contribution in [1.29, 1.82) is 5.41 Å². The summed E-state index contributed by atoms with van der Waals surface area (Å²) in [7, 11) is 0. The van der Waals surface area contributed by atoms with Crippen molar-refractivity contribution in [3.63, 3.8) is 0 Å². The van der Waals surface area contributed by atoms with Gasteiger partial charge in [-0.05, 0) is 25.7 Å². The van der Waals surface area contributed by atoms with Crippen molar-refractivity contribution >= 4 is 17.4 Å². The zero-order valence-electron chi connectivity index (χ0n) is 10.7. The molecule has 0 saturated heterocycles. The van der Waals surface area contributed by atoms with Crippen molar-refractivity contribution < 1.29 is 10.2 Å². The van der Waals surface area contributed by atoms with Crippen molar-refractivity contribution in [2.45, 2.75) is 39.2 Å². The Morgan fingerprint density at radius 3 is 2.67 bits per heavy atom. The Morgan fingerprint density at radius 1 is 1.33 bits per heavy atom. The van der Waals surface area contributed by atoms with Gasteiger partial charge in [-0.15, -0.1) is 5.11 Å². The maximum Gasteiger partial charge on any atom is 0.160 e. The Balaban J connectivity index is 2.48. The number of fused-ring (bicyclic) bond motifs is 1. The van der Waals surface area contributed by atoms with Gasteiger partial charge in [-0.1, -0.05) is 13.8 Å². The Bertz CT molecular complexity index is 456. The van der Waals surface area contributed by atoms with Gasteiger partial charge in [0.15, 0.2) is 5.84 Å². The molecule has 0 bridgehead atoms. The van der Waals surface area contributed by atoms with E-state index in [1.807, 2.05) is 13.8 Å². The zero-order valence-corrected chi connectivity index (χ0v) is 10.7. The third-order valence-corrected chi connectivity index (χ3v) is 3.66. The van der Waals surface area contributed by atoms with Gasteiger partial charge in [0.1, 0.15) is 11.4 Å². The summed E-state index contributed by atoms with van der Waals surface area (Å²) in [6.45, 7) is 5.94. The SMILES string of the molecule is CC1=NC2=NC(=N)C(C)CC2(/N=N/OO)CC1C. The van der Waals surface area contributed by atoms with E-state index in [1.54, 1.807) is 0 Å². The van der Waals surface area contributed by atoms with E-state index >= 15 is 0 Å². The fraction of sp³-hybridized carbons (Fsp3) is 0.727. The molecule has 18 heavy (non-hydrogen) atoms. The first-order valence-electron chi connectivity index (χ1n) is 5.94. The van der Waals surface area contributed by atoms with E-state index in [2.05, 4.69) is 32.3 Å². The van der Waals surface area contributed by atoms with Gasteiger partial charge in [0.25, 0.3) is 0 Å². The summed E-state index contributed by atoms with van der Waals surface area (Å²) in [5, 5.41) is 23.4. The van der Waals surface area contributed by atoms with Gasteiger partial charge >= 0.3 is 0 Å². The largest absolute Gasteiger partial charge is 0.286 e. The van der Waals surface area contributed by atoms with Crippen LogP contribution in [0.3, 0.4) is 0 Å². The minimum Gasteiger partial charge on any atom is -0.286 e. The molecule has 98 valence electrons. The van der Waals surface area contributed by atoms with E-state index in [0.29, 0.717) is 24.5 Å². The van der Waals surface area contributed by atoms with Crippen LogP contribution < -0.4 is 0 Å². The fourth-order valence-corrected chi connectivity index (χ4v) is 2.48. The standard InChI is InChI=1S/C11H17N5O2/c1-6-4-11(15-16-18-17)5-7(2)9(12)14-10(11)13-8(6)3/h6-7,12,17H,4-5H2,1-3H3/b12-9?,16-15+. The first kappa shape index (κ1) is 12.8. The molecule has 0 spiro atoms. The topological polar surface area (TPSA) is 103 Å². The molecule has 2 aliphatic rings. The van der Waals surface area contributed by atoms with Gasteiger partial charge in [0, 0.05) is 11.6 Å². The number of aliphatic imine (C=N–C) groups is 2. The molecule has 0 amide bonds. The van der Waals surface area contributed by atoms with E-state index in [4.69, 9.17) is 10.7 Å². The second-order valence-electron chi connectivity index (χ2n) is 5.08. The predicted molar refractivity (Wildman–Crippen MR) is 67.1 cm³/mol. The summed E-state index contributed by atoms with van der Waals surface area (Å²) in [6.07, 6.45) is 1.32. The summed E-state index contributed by atoms with van der Waals surface area (Å²) in [6, 6.07) is 0. The van der Waals surface area contributed by atoms with Crippen LogP contribution in [-0.4, -0.2) is 28.2 Å². The minimum absolute atomic E-state index is 0.00722. The normalized spacial score (nSPS) is 36.1. The van der Waals surface area contributed by atoms with Gasteiger partial charge in [-0.2, -0.15) is 5.26 Å². The maximum atomic E-state index is 8.34. The molecule has 0 fully saturated rings. The monoisotopic (exact) mass is 251 g/mol. The average molecular weight is 251 g/mol. The molecule has 2 N–H and O–H groups in total. The van der Waals surface area contributed by atoms with E-state index in [0.717, 1.165) is 5.71 Å². The molecule has 0 radical (unpaired) electrons. The van der Waals surface area contributed by atoms with Crippen molar-refractivity contribution in [2.24, 2.45) is 32.2 Å². The summed E-state index contributed by atoms with van der Waals surface area (Å²) in [4.78, 5) is 12.4. The van der Waals surface area contributed by atoms with Crippen molar-refractivity contribution in [2.75, 3.05) is 0 Å². The molecule has 2 heterocycles. The molecule has 2 rings (SSSR count). The van der Waals surface area contributed by atoms with E-state index < -0.39 is 5.54 Å². The quantitative estimate of drug-likeness (QED) is 0.447. The lowest BCUT2D eigenvalue weighted by atomic mass is 9.75. The third kappa shape index (κ3) is 2.05. The Morgan fingerprint density at radius 2 is 2.00 bits per heavy atom. The Kier molecular flexibility index (Phi) is 3.25. The number of nitrogens with one attached hydrogen (secondary N) is 1. The summed E-state index contributed by atoms with van der Waals surface area (Å²) >= 11 is 0. The second-order valence-corrected chi connectivity index (χ2v) is 5.08. The highest BCUT2D eigenvalue weighted by molar-refractivity contribution is 6.11. The van der Waals surface area contributed by atoms with Gasteiger partial charge < -0.3 is 0 Å². The van der Waals surface area contributed by atoms with Crippen LogP contribution in [0.5, 0.6) is 0 Å². The van der Waals surface area contributed by atoms with Crippen LogP contribution in [0.15, 0.2) is 20.4 Å². The number of rotatable bonds is 2. The van der Waals surface area contributed by atoms with Gasteiger partial charge in [0.05, 0.1) is 5.28 Å². The smallest absolute Gasteiger partial charge is 0.160 e. The number of hydrogen-bond acceptors (Lipinski definition) is 6. The van der Waals surface area contributed by atoms with Gasteiger partial charge in [0.2, 0.25) is 0 Å². The zero-order chi connectivity index (χ0) is 13.3. The van der Waals surface area contributed by atoms with Crippen LogP contribution in [0.4, 0.5) is 0 Å². The minimum atomic E-state index is -0.675. The van der Waals surface area contributed by atoms with E-state index in [9.17, 15) is 0 Å². The maximum absolute atomic E-state index is 8.34. The molecule has 7 heteroatoms. The first-order chi connectivity index (χ1) is 8.48. The number of hydrogen-bond donors (Lipinski definition) is 2. The van der Waals surface area contributed by atoms with E-state index in [-0.39, 0.29) is 11.8 Å². The molecule has 0 aromatic carbocycles. The number of nitrogens with zero attached hydrogens (tertiary/aromatic N) is 4. The number of amidine groups is 2.